The number of amides is 1. The molecule has 0 aliphatic carbocycles. The molecule has 154 valence electrons. The first-order valence-electron chi connectivity index (χ1n) is 9.66. The largest absolute Gasteiger partial charge is 0.493 e. The van der Waals surface area contributed by atoms with Crippen molar-refractivity contribution in [2.24, 2.45) is 0 Å². The summed E-state index contributed by atoms with van der Waals surface area (Å²) in [4.78, 5) is 16.3. The van der Waals surface area contributed by atoms with Gasteiger partial charge in [0.2, 0.25) is 5.91 Å². The summed E-state index contributed by atoms with van der Waals surface area (Å²) >= 11 is 0. The zero-order chi connectivity index (χ0) is 21.2. The van der Waals surface area contributed by atoms with E-state index in [1.165, 1.54) is 6.08 Å². The number of ether oxygens (including phenoxy) is 3. The van der Waals surface area contributed by atoms with Crippen LogP contribution in [0.2, 0.25) is 0 Å². The van der Waals surface area contributed by atoms with Crippen LogP contribution in [0, 0.1) is 0 Å². The van der Waals surface area contributed by atoms with E-state index in [-0.39, 0.29) is 5.91 Å². The molecule has 0 radical (unpaired) electrons. The maximum Gasteiger partial charge on any atom is 0.248 e. The number of aromatic nitrogens is 1. The number of methoxy groups -OCH3 is 1. The van der Waals surface area contributed by atoms with Crippen molar-refractivity contribution >= 4 is 17.7 Å². The highest BCUT2D eigenvalue weighted by Crippen LogP contribution is 2.29. The highest BCUT2D eigenvalue weighted by Gasteiger charge is 2.05. The van der Waals surface area contributed by atoms with E-state index in [9.17, 15) is 4.79 Å². The lowest BCUT2D eigenvalue weighted by Crippen LogP contribution is -2.07. The molecular weight excluding hydrogens is 380 g/mol. The molecule has 1 heterocycles. The Hall–Kier alpha value is -3.80. The third kappa shape index (κ3) is 6.10. The summed E-state index contributed by atoms with van der Waals surface area (Å²) in [5, 5.41) is 2.83. The van der Waals surface area contributed by atoms with Crippen LogP contribution in [0.3, 0.4) is 0 Å². The SMILES string of the molecule is CCCOc1ccc(C=CC(=O)Nc2cccc(Oc3ccncc3)c2)cc1OC. The predicted molar refractivity (Wildman–Crippen MR) is 117 cm³/mol. The number of benzene rings is 2. The summed E-state index contributed by atoms with van der Waals surface area (Å²) in [5.41, 5.74) is 1.47. The number of nitrogens with zero attached hydrogens (tertiary/aromatic N) is 1. The maximum atomic E-state index is 12.3. The van der Waals surface area contributed by atoms with Gasteiger partial charge in [-0.05, 0) is 54.5 Å². The quantitative estimate of drug-likeness (QED) is 0.489. The minimum atomic E-state index is -0.249. The number of pyridine rings is 1. The van der Waals surface area contributed by atoms with Crippen LogP contribution < -0.4 is 19.5 Å². The summed E-state index contributed by atoms with van der Waals surface area (Å²) in [6.45, 7) is 2.67. The van der Waals surface area contributed by atoms with Gasteiger partial charge in [-0.3, -0.25) is 9.78 Å². The number of hydrogen-bond donors (Lipinski definition) is 1. The van der Waals surface area contributed by atoms with Crippen LogP contribution >= 0.6 is 0 Å². The number of hydrogen-bond acceptors (Lipinski definition) is 5. The van der Waals surface area contributed by atoms with E-state index in [2.05, 4.69) is 10.3 Å². The lowest BCUT2D eigenvalue weighted by Gasteiger charge is -2.10. The van der Waals surface area contributed by atoms with E-state index >= 15 is 0 Å². The zero-order valence-corrected chi connectivity index (χ0v) is 17.0. The average Bonchev–Trinajstić information content (AvgIpc) is 2.77. The topological polar surface area (TPSA) is 69.7 Å². The fraction of sp³-hybridized carbons (Fsp3) is 0.167. The van der Waals surface area contributed by atoms with Crippen LogP contribution in [0.25, 0.3) is 6.08 Å². The van der Waals surface area contributed by atoms with E-state index in [0.29, 0.717) is 35.3 Å². The number of rotatable bonds is 9. The molecule has 1 aromatic heterocycles. The lowest BCUT2D eigenvalue weighted by atomic mass is 10.2. The standard InChI is InChI=1S/C24H24N2O4/c1-3-15-29-22-9-7-18(16-23(22)28-2)8-10-24(27)26-19-5-4-6-21(17-19)30-20-11-13-25-14-12-20/h4-14,16-17H,3,15H2,1-2H3,(H,26,27). The van der Waals surface area contributed by atoms with Crippen LogP contribution in [0.5, 0.6) is 23.0 Å². The van der Waals surface area contributed by atoms with Crippen molar-refractivity contribution in [1.82, 2.24) is 4.98 Å². The van der Waals surface area contributed by atoms with Gasteiger partial charge >= 0.3 is 0 Å². The molecule has 0 atom stereocenters. The molecule has 6 heteroatoms. The molecular formula is C24H24N2O4. The van der Waals surface area contributed by atoms with Gasteiger partial charge in [-0.25, -0.2) is 0 Å². The molecule has 0 saturated heterocycles. The molecule has 0 saturated carbocycles. The fourth-order valence-electron chi connectivity index (χ4n) is 2.65. The first-order valence-corrected chi connectivity index (χ1v) is 9.66. The van der Waals surface area contributed by atoms with Crippen LogP contribution in [-0.4, -0.2) is 24.6 Å². The third-order valence-electron chi connectivity index (χ3n) is 4.06. The number of carbonyl (C=O) groups is 1. The minimum absolute atomic E-state index is 0.249. The summed E-state index contributed by atoms with van der Waals surface area (Å²) in [7, 11) is 1.59. The molecule has 2 aromatic carbocycles. The van der Waals surface area contributed by atoms with Gasteiger partial charge in [-0.1, -0.05) is 19.1 Å². The van der Waals surface area contributed by atoms with Crippen LogP contribution in [0.4, 0.5) is 5.69 Å². The van der Waals surface area contributed by atoms with Gasteiger partial charge in [0.1, 0.15) is 11.5 Å². The molecule has 0 aliphatic heterocycles. The van der Waals surface area contributed by atoms with Crippen LogP contribution in [0.1, 0.15) is 18.9 Å². The Morgan fingerprint density at radius 3 is 2.63 bits per heavy atom. The number of carbonyl (C=O) groups excluding carboxylic acids is 1. The first-order chi connectivity index (χ1) is 14.7. The lowest BCUT2D eigenvalue weighted by molar-refractivity contribution is -0.111. The zero-order valence-electron chi connectivity index (χ0n) is 17.0. The van der Waals surface area contributed by atoms with Crippen molar-refractivity contribution in [1.29, 1.82) is 0 Å². The molecule has 0 aliphatic rings. The highest BCUT2D eigenvalue weighted by molar-refractivity contribution is 6.02. The van der Waals surface area contributed by atoms with E-state index in [1.54, 1.807) is 49.8 Å². The Balaban J connectivity index is 1.62. The third-order valence-corrected chi connectivity index (χ3v) is 4.06. The second-order valence-corrected chi connectivity index (χ2v) is 6.39. The molecule has 1 amide bonds. The number of anilines is 1. The molecule has 0 unspecified atom stereocenters. The van der Waals surface area contributed by atoms with Crippen molar-refractivity contribution in [3.05, 3.63) is 78.6 Å². The van der Waals surface area contributed by atoms with Gasteiger partial charge in [-0.2, -0.15) is 0 Å². The van der Waals surface area contributed by atoms with E-state index < -0.39 is 0 Å². The smallest absolute Gasteiger partial charge is 0.248 e. The summed E-state index contributed by atoms with van der Waals surface area (Å²) in [5.74, 6) is 2.37. The monoisotopic (exact) mass is 404 g/mol. The van der Waals surface area contributed by atoms with Gasteiger partial charge < -0.3 is 19.5 Å². The molecule has 0 spiro atoms. The molecule has 0 bridgehead atoms. The van der Waals surface area contributed by atoms with Crippen molar-refractivity contribution in [2.45, 2.75) is 13.3 Å². The second-order valence-electron chi connectivity index (χ2n) is 6.39. The Morgan fingerprint density at radius 1 is 1.03 bits per heavy atom. The van der Waals surface area contributed by atoms with Gasteiger partial charge in [0.25, 0.3) is 0 Å². The van der Waals surface area contributed by atoms with Crippen molar-refractivity contribution in [2.75, 3.05) is 19.0 Å². The summed E-state index contributed by atoms with van der Waals surface area (Å²) < 4.78 is 16.8. The van der Waals surface area contributed by atoms with Gasteiger partial charge in [-0.15, -0.1) is 0 Å². The molecule has 3 rings (SSSR count). The molecule has 6 nitrogen and oxygen atoms in total. The van der Waals surface area contributed by atoms with E-state index in [4.69, 9.17) is 14.2 Å². The second kappa shape index (κ2) is 10.7. The molecule has 1 N–H and O–H groups in total. The minimum Gasteiger partial charge on any atom is -0.493 e. The Bertz CT molecular complexity index is 1000. The highest BCUT2D eigenvalue weighted by atomic mass is 16.5. The van der Waals surface area contributed by atoms with Crippen molar-refractivity contribution < 1.29 is 19.0 Å². The van der Waals surface area contributed by atoms with E-state index in [0.717, 1.165) is 12.0 Å². The number of nitrogens with one attached hydrogen (secondary N) is 1. The van der Waals surface area contributed by atoms with Crippen LogP contribution in [0.15, 0.2) is 73.1 Å². The first kappa shape index (κ1) is 20.9. The molecule has 0 fully saturated rings. The maximum absolute atomic E-state index is 12.3. The van der Waals surface area contributed by atoms with Gasteiger partial charge in [0.15, 0.2) is 11.5 Å². The fourth-order valence-corrected chi connectivity index (χ4v) is 2.65. The molecule has 3 aromatic rings. The Morgan fingerprint density at radius 2 is 1.87 bits per heavy atom. The molecule has 30 heavy (non-hydrogen) atoms. The predicted octanol–water partition coefficient (Wildman–Crippen LogP) is 5.32. The van der Waals surface area contributed by atoms with Crippen molar-refractivity contribution in [3.63, 3.8) is 0 Å². The average molecular weight is 404 g/mol. The Kier molecular flexibility index (Phi) is 7.44. The van der Waals surface area contributed by atoms with Gasteiger partial charge in [0.05, 0.1) is 13.7 Å². The summed E-state index contributed by atoms with van der Waals surface area (Å²) in [6, 6.07) is 16.3. The van der Waals surface area contributed by atoms with Crippen molar-refractivity contribution in [3.8, 4) is 23.0 Å². The normalized spacial score (nSPS) is 10.6. The summed E-state index contributed by atoms with van der Waals surface area (Å²) in [6.07, 6.45) is 7.42. The van der Waals surface area contributed by atoms with E-state index in [1.807, 2.05) is 37.3 Å². The Labute approximate surface area is 176 Å². The van der Waals surface area contributed by atoms with Gasteiger partial charge in [0, 0.05) is 30.2 Å². The van der Waals surface area contributed by atoms with Crippen LogP contribution in [-0.2, 0) is 4.79 Å².